The minimum absolute atomic E-state index is 0.0931. The topological polar surface area (TPSA) is 75.7 Å². The second-order valence-electron chi connectivity index (χ2n) is 6.40. The molecule has 1 N–H and O–H groups in total. The molecule has 2 amide bonds. The zero-order valence-corrected chi connectivity index (χ0v) is 18.1. The largest absolute Gasteiger partial charge is 0.462 e. The van der Waals surface area contributed by atoms with Gasteiger partial charge in [0.1, 0.15) is 10.7 Å². The summed E-state index contributed by atoms with van der Waals surface area (Å²) in [7, 11) is 0. The Morgan fingerprint density at radius 2 is 1.77 bits per heavy atom. The average Bonchev–Trinajstić information content (AvgIpc) is 2.94. The Morgan fingerprint density at radius 1 is 1.03 bits per heavy atom. The molecule has 0 saturated heterocycles. The number of carbonyl (C=O) groups excluding carboxylic acids is 3. The van der Waals surface area contributed by atoms with Crippen molar-refractivity contribution in [3.05, 3.63) is 68.8 Å². The zero-order chi connectivity index (χ0) is 21.8. The zero-order valence-electron chi connectivity index (χ0n) is 15.9. The van der Waals surface area contributed by atoms with E-state index in [-0.39, 0.29) is 33.6 Å². The van der Waals surface area contributed by atoms with Gasteiger partial charge in [0, 0.05) is 5.69 Å². The number of hydrogen-bond acceptors (Lipinski definition) is 5. The molecule has 30 heavy (non-hydrogen) atoms. The van der Waals surface area contributed by atoms with Gasteiger partial charge in [-0.3, -0.25) is 9.59 Å². The van der Waals surface area contributed by atoms with E-state index in [2.05, 4.69) is 5.32 Å². The summed E-state index contributed by atoms with van der Waals surface area (Å²) >= 11 is 18.1. The van der Waals surface area contributed by atoms with Gasteiger partial charge in [-0.15, -0.1) is 0 Å². The number of esters is 1. The van der Waals surface area contributed by atoms with E-state index in [0.29, 0.717) is 17.1 Å². The highest BCUT2D eigenvalue weighted by Gasteiger charge is 2.40. The smallest absolute Gasteiger partial charge is 0.340 e. The Morgan fingerprint density at radius 3 is 2.47 bits per heavy atom. The molecule has 1 aliphatic heterocycles. The van der Waals surface area contributed by atoms with Gasteiger partial charge in [0.25, 0.3) is 11.8 Å². The second-order valence-corrected chi connectivity index (χ2v) is 7.59. The first-order chi connectivity index (χ1) is 14.3. The van der Waals surface area contributed by atoms with E-state index in [4.69, 9.17) is 39.5 Å². The number of nitrogens with one attached hydrogen (secondary N) is 1. The molecule has 3 rings (SSSR count). The lowest BCUT2D eigenvalue weighted by Gasteiger charge is -2.18. The lowest BCUT2D eigenvalue weighted by atomic mass is 10.1. The van der Waals surface area contributed by atoms with Gasteiger partial charge in [-0.2, -0.15) is 0 Å². The van der Waals surface area contributed by atoms with E-state index >= 15 is 0 Å². The summed E-state index contributed by atoms with van der Waals surface area (Å²) in [6.07, 6.45) is 1.57. The van der Waals surface area contributed by atoms with Crippen molar-refractivity contribution in [1.29, 1.82) is 0 Å². The van der Waals surface area contributed by atoms with Crippen molar-refractivity contribution in [1.82, 2.24) is 0 Å². The Hall–Kier alpha value is -2.54. The van der Waals surface area contributed by atoms with E-state index in [1.54, 1.807) is 24.3 Å². The highest BCUT2D eigenvalue weighted by molar-refractivity contribution is 6.53. The van der Waals surface area contributed by atoms with E-state index in [0.717, 1.165) is 11.3 Å². The summed E-state index contributed by atoms with van der Waals surface area (Å²) in [5.74, 6) is -2.08. The third-order valence-corrected chi connectivity index (χ3v) is 5.40. The number of ether oxygens (including phenoxy) is 1. The summed E-state index contributed by atoms with van der Waals surface area (Å²) in [5, 5.41) is 3.11. The van der Waals surface area contributed by atoms with Crippen LogP contribution in [0, 0.1) is 0 Å². The van der Waals surface area contributed by atoms with Crippen molar-refractivity contribution >= 4 is 64.0 Å². The van der Waals surface area contributed by atoms with Crippen molar-refractivity contribution in [3.63, 3.8) is 0 Å². The van der Waals surface area contributed by atoms with E-state index in [1.165, 1.54) is 18.2 Å². The SMILES string of the molecule is CCCCOC(=O)c1ccccc1N1C(=O)C(Cl)=C(Nc2ccc(Cl)c(Cl)c2)C1=O. The molecule has 1 heterocycles. The van der Waals surface area contributed by atoms with Crippen LogP contribution in [-0.4, -0.2) is 24.4 Å². The van der Waals surface area contributed by atoms with Crippen molar-refractivity contribution in [2.45, 2.75) is 19.8 Å². The van der Waals surface area contributed by atoms with Crippen LogP contribution < -0.4 is 10.2 Å². The number of carbonyl (C=O) groups is 3. The number of halogens is 3. The Kier molecular flexibility index (Phi) is 7.02. The maximum absolute atomic E-state index is 13.0. The molecule has 0 atom stereocenters. The fraction of sp³-hybridized carbons (Fsp3) is 0.190. The predicted molar refractivity (Wildman–Crippen MR) is 117 cm³/mol. The van der Waals surface area contributed by atoms with Crippen LogP contribution in [0.25, 0.3) is 0 Å². The first-order valence-corrected chi connectivity index (χ1v) is 10.2. The third-order valence-electron chi connectivity index (χ3n) is 4.31. The number of anilines is 2. The molecule has 0 aliphatic carbocycles. The standard InChI is InChI=1S/C21H17Cl3N2O4/c1-2-3-10-30-21(29)13-6-4-5-7-16(13)26-19(27)17(24)18(20(26)28)25-12-8-9-14(22)15(23)11-12/h4-9,11,25H,2-3,10H2,1H3. The van der Waals surface area contributed by atoms with Crippen LogP contribution >= 0.6 is 34.8 Å². The molecule has 6 nitrogen and oxygen atoms in total. The molecular weight excluding hydrogens is 451 g/mol. The van der Waals surface area contributed by atoms with E-state index in [9.17, 15) is 14.4 Å². The maximum Gasteiger partial charge on any atom is 0.340 e. The summed E-state index contributed by atoms with van der Waals surface area (Å²) in [6.45, 7) is 2.22. The van der Waals surface area contributed by atoms with Crippen molar-refractivity contribution < 1.29 is 19.1 Å². The predicted octanol–water partition coefficient (Wildman–Crippen LogP) is 5.39. The van der Waals surface area contributed by atoms with Crippen LogP contribution in [0.3, 0.4) is 0 Å². The fourth-order valence-electron chi connectivity index (χ4n) is 2.78. The van der Waals surface area contributed by atoms with Gasteiger partial charge in [-0.05, 0) is 36.8 Å². The highest BCUT2D eigenvalue weighted by atomic mass is 35.5. The Balaban J connectivity index is 1.89. The number of rotatable bonds is 7. The maximum atomic E-state index is 13.0. The monoisotopic (exact) mass is 466 g/mol. The third kappa shape index (κ3) is 4.46. The van der Waals surface area contributed by atoms with Gasteiger partial charge in [-0.25, -0.2) is 9.69 Å². The summed E-state index contributed by atoms with van der Waals surface area (Å²) in [6, 6.07) is 10.8. The van der Waals surface area contributed by atoms with Crippen LogP contribution in [0.4, 0.5) is 11.4 Å². The van der Waals surface area contributed by atoms with E-state index in [1.807, 2.05) is 6.92 Å². The molecule has 0 saturated carbocycles. The minimum atomic E-state index is -0.752. The number of nitrogens with zero attached hydrogens (tertiary/aromatic N) is 1. The molecule has 0 fully saturated rings. The summed E-state index contributed by atoms with van der Waals surface area (Å²) in [4.78, 5) is 39.1. The van der Waals surface area contributed by atoms with Crippen molar-refractivity contribution in [2.75, 3.05) is 16.8 Å². The van der Waals surface area contributed by atoms with Crippen LogP contribution in [0.5, 0.6) is 0 Å². The van der Waals surface area contributed by atoms with Gasteiger partial charge in [0.2, 0.25) is 0 Å². The van der Waals surface area contributed by atoms with Gasteiger partial charge >= 0.3 is 5.97 Å². The van der Waals surface area contributed by atoms with Gasteiger partial charge in [0.05, 0.1) is 27.9 Å². The Labute approximate surface area is 188 Å². The van der Waals surface area contributed by atoms with E-state index < -0.39 is 17.8 Å². The van der Waals surface area contributed by atoms with Gasteiger partial charge in [0.15, 0.2) is 0 Å². The molecule has 2 aromatic carbocycles. The van der Waals surface area contributed by atoms with Crippen LogP contribution in [-0.2, 0) is 14.3 Å². The lowest BCUT2D eigenvalue weighted by molar-refractivity contribution is -0.120. The average molecular weight is 468 g/mol. The fourth-order valence-corrected chi connectivity index (χ4v) is 3.29. The summed E-state index contributed by atoms with van der Waals surface area (Å²) in [5.41, 5.74) is 0.482. The molecule has 0 spiro atoms. The highest BCUT2D eigenvalue weighted by Crippen LogP contribution is 2.33. The molecule has 0 unspecified atom stereocenters. The molecule has 2 aromatic rings. The summed E-state index contributed by atoms with van der Waals surface area (Å²) < 4.78 is 5.24. The Bertz CT molecular complexity index is 1050. The number of amides is 2. The second kappa shape index (κ2) is 9.51. The van der Waals surface area contributed by atoms with Gasteiger partial charge in [-0.1, -0.05) is 60.3 Å². The molecule has 0 radical (unpaired) electrons. The number of benzene rings is 2. The number of para-hydroxylation sites is 1. The number of imide groups is 1. The number of unbranched alkanes of at least 4 members (excludes halogenated alkanes) is 1. The quantitative estimate of drug-likeness (QED) is 0.336. The first-order valence-electron chi connectivity index (χ1n) is 9.12. The molecule has 1 aliphatic rings. The van der Waals surface area contributed by atoms with Crippen LogP contribution in [0.15, 0.2) is 53.2 Å². The van der Waals surface area contributed by atoms with Crippen molar-refractivity contribution in [2.24, 2.45) is 0 Å². The van der Waals surface area contributed by atoms with Crippen LogP contribution in [0.2, 0.25) is 10.0 Å². The minimum Gasteiger partial charge on any atom is -0.462 e. The molecule has 9 heteroatoms. The van der Waals surface area contributed by atoms with Gasteiger partial charge < -0.3 is 10.1 Å². The van der Waals surface area contributed by atoms with Crippen LogP contribution in [0.1, 0.15) is 30.1 Å². The first kappa shape index (κ1) is 22.2. The molecular formula is C21H17Cl3N2O4. The molecule has 0 bridgehead atoms. The number of hydrogen-bond donors (Lipinski definition) is 1. The normalized spacial score (nSPS) is 13.8. The molecule has 156 valence electrons. The lowest BCUT2D eigenvalue weighted by Crippen LogP contribution is -2.33. The molecule has 0 aromatic heterocycles. The van der Waals surface area contributed by atoms with Crippen molar-refractivity contribution in [3.8, 4) is 0 Å².